The van der Waals surface area contributed by atoms with Crippen molar-refractivity contribution in [2.75, 3.05) is 13.1 Å². The number of H-pyrrole nitrogens is 2. The molecule has 0 aliphatic rings. The summed E-state index contributed by atoms with van der Waals surface area (Å²) in [4.78, 5) is 121. The number of unbranched alkanes of at least 4 members (excludes halogenated alkanes) is 2. The van der Waals surface area contributed by atoms with Crippen LogP contribution in [0, 0.1) is 11.8 Å². The Morgan fingerprint density at radius 2 is 0.753 bits per heavy atom. The Hall–Kier alpha value is -8.40. The predicted molar refractivity (Wildman–Crippen MR) is 328 cm³/mol. The summed E-state index contributed by atoms with van der Waals surface area (Å²) in [7, 11) is 0. The maximum absolute atomic E-state index is 15.0. The minimum atomic E-state index is -1.34. The molecular formula is C64H86N12O9. The Morgan fingerprint density at radius 1 is 0.412 bits per heavy atom. The molecule has 21 nitrogen and oxygen atoms in total. The SMILES string of the molecule is CC(C)C[C@@H](NC(=O)[C@H](Cc1c[nH]c2ccccc12)NC(=O)[C@@H](CC(C)C)NC(=O)[C@H](Cc1c[nH]c2ccccc12)NC(=O)[C@@H](Cc1ccccc1)NC(=O)[C@@H](N)CCCCN)C(=O)N[C@@H](CCCCN)C(=O)N[C@H](Cc1ccccc1)C(=O)O. The molecule has 456 valence electrons. The fourth-order valence-corrected chi connectivity index (χ4v) is 10.3. The van der Waals surface area contributed by atoms with Crippen LogP contribution in [0.15, 0.2) is 122 Å². The summed E-state index contributed by atoms with van der Waals surface area (Å²) in [5.74, 6) is -6.41. The lowest BCUT2D eigenvalue weighted by Gasteiger charge is -2.29. The first kappa shape index (κ1) is 65.7. The second-order valence-corrected chi connectivity index (χ2v) is 22.7. The van der Waals surface area contributed by atoms with E-state index in [1.165, 1.54) is 0 Å². The number of nitrogens with one attached hydrogen (secondary N) is 9. The number of carboxylic acids is 1. The van der Waals surface area contributed by atoms with Crippen LogP contribution < -0.4 is 54.4 Å². The molecule has 0 aliphatic heterocycles. The van der Waals surface area contributed by atoms with E-state index in [1.807, 2.05) is 107 Å². The summed E-state index contributed by atoms with van der Waals surface area (Å²) in [6.45, 7) is 8.21. The highest BCUT2D eigenvalue weighted by Gasteiger charge is 2.36. The maximum atomic E-state index is 15.0. The van der Waals surface area contributed by atoms with Gasteiger partial charge in [-0.25, -0.2) is 4.79 Å². The Bertz CT molecular complexity index is 3150. The highest BCUT2D eigenvalue weighted by atomic mass is 16.4. The molecule has 0 radical (unpaired) electrons. The summed E-state index contributed by atoms with van der Waals surface area (Å²) in [6.07, 6.45) is 6.35. The lowest BCUT2D eigenvalue weighted by Crippen LogP contribution is -2.61. The molecule has 0 aliphatic carbocycles. The second kappa shape index (κ2) is 33.2. The number of hydrogen-bond donors (Lipinski definition) is 13. The predicted octanol–water partition coefficient (Wildman–Crippen LogP) is 4.08. The molecule has 0 bridgehead atoms. The molecule has 16 N–H and O–H groups in total. The van der Waals surface area contributed by atoms with Gasteiger partial charge >= 0.3 is 5.97 Å². The van der Waals surface area contributed by atoms with Crippen LogP contribution in [0.3, 0.4) is 0 Å². The van der Waals surface area contributed by atoms with Gasteiger partial charge in [0.15, 0.2) is 0 Å². The van der Waals surface area contributed by atoms with Crippen molar-refractivity contribution in [3.63, 3.8) is 0 Å². The zero-order chi connectivity index (χ0) is 61.4. The molecule has 2 aromatic heterocycles. The minimum Gasteiger partial charge on any atom is -0.480 e. The number of hydrogen-bond acceptors (Lipinski definition) is 11. The van der Waals surface area contributed by atoms with Crippen LogP contribution >= 0.6 is 0 Å². The fourth-order valence-electron chi connectivity index (χ4n) is 10.3. The van der Waals surface area contributed by atoms with Crippen LogP contribution in [0.4, 0.5) is 0 Å². The number of rotatable bonds is 35. The van der Waals surface area contributed by atoms with Crippen LogP contribution in [-0.4, -0.2) is 124 Å². The van der Waals surface area contributed by atoms with Gasteiger partial charge in [0, 0.05) is 59.9 Å². The highest BCUT2D eigenvalue weighted by Crippen LogP contribution is 2.22. The number of fused-ring (bicyclic) bond motifs is 2. The first-order valence-corrected chi connectivity index (χ1v) is 29.5. The number of amides is 7. The third-order valence-electron chi connectivity index (χ3n) is 14.8. The van der Waals surface area contributed by atoms with E-state index in [-0.39, 0.29) is 56.8 Å². The van der Waals surface area contributed by atoms with Crippen molar-refractivity contribution in [2.45, 2.75) is 153 Å². The van der Waals surface area contributed by atoms with Crippen LogP contribution in [0.25, 0.3) is 21.8 Å². The van der Waals surface area contributed by atoms with E-state index in [4.69, 9.17) is 17.2 Å². The first-order valence-electron chi connectivity index (χ1n) is 29.5. The first-order chi connectivity index (χ1) is 40.8. The Balaban J connectivity index is 1.28. The largest absolute Gasteiger partial charge is 0.480 e. The average Bonchev–Trinajstić information content (AvgIpc) is 3.70. The Labute approximate surface area is 496 Å². The van der Waals surface area contributed by atoms with Crippen molar-refractivity contribution in [3.05, 3.63) is 144 Å². The summed E-state index contributed by atoms with van der Waals surface area (Å²) < 4.78 is 0. The molecule has 4 aromatic carbocycles. The monoisotopic (exact) mass is 1170 g/mol. The van der Waals surface area contributed by atoms with Crippen molar-refractivity contribution in [2.24, 2.45) is 29.0 Å². The third-order valence-corrected chi connectivity index (χ3v) is 14.8. The number of aliphatic carboxylic acids is 1. The number of benzene rings is 4. The van der Waals surface area contributed by atoms with Gasteiger partial charge in [-0.1, -0.05) is 131 Å². The number of carbonyl (C=O) groups excluding carboxylic acids is 7. The molecule has 7 amide bonds. The topological polar surface area (TPSA) is 351 Å². The Kier molecular flexibility index (Phi) is 25.7. The number of aromatic nitrogens is 2. The summed E-state index contributed by atoms with van der Waals surface area (Å²) >= 11 is 0. The lowest BCUT2D eigenvalue weighted by atomic mass is 9.98. The van der Waals surface area contributed by atoms with Gasteiger partial charge in [0.25, 0.3) is 0 Å². The van der Waals surface area contributed by atoms with E-state index in [2.05, 4.69) is 47.2 Å². The summed E-state index contributed by atoms with van der Waals surface area (Å²) in [5.41, 5.74) is 22.1. The quantitative estimate of drug-likeness (QED) is 0.0251. The molecule has 0 saturated carbocycles. The number of aromatic amines is 2. The zero-order valence-corrected chi connectivity index (χ0v) is 49.2. The van der Waals surface area contributed by atoms with Gasteiger partial charge in [-0.3, -0.25) is 33.6 Å². The van der Waals surface area contributed by atoms with E-state index < -0.39 is 95.7 Å². The van der Waals surface area contributed by atoms with E-state index in [0.717, 1.165) is 27.4 Å². The lowest BCUT2D eigenvalue weighted by molar-refractivity contribution is -0.142. The van der Waals surface area contributed by atoms with Crippen molar-refractivity contribution in [3.8, 4) is 0 Å². The second-order valence-electron chi connectivity index (χ2n) is 22.7. The molecule has 2 heterocycles. The maximum Gasteiger partial charge on any atom is 0.326 e. The summed E-state index contributed by atoms with van der Waals surface area (Å²) in [5, 5.41) is 31.6. The normalized spacial score (nSPS) is 14.3. The van der Waals surface area contributed by atoms with E-state index >= 15 is 4.79 Å². The number of carboxylic acid groups (broad SMARTS) is 1. The fraction of sp³-hybridized carbons (Fsp3) is 0.438. The molecule has 6 rings (SSSR count). The Morgan fingerprint density at radius 3 is 1.19 bits per heavy atom. The zero-order valence-electron chi connectivity index (χ0n) is 49.2. The molecule has 0 unspecified atom stereocenters. The molecular weight excluding hydrogens is 1080 g/mol. The van der Waals surface area contributed by atoms with Gasteiger partial charge < -0.3 is 69.5 Å². The van der Waals surface area contributed by atoms with Crippen molar-refractivity contribution in [1.29, 1.82) is 0 Å². The van der Waals surface area contributed by atoms with E-state index in [0.29, 0.717) is 61.9 Å². The van der Waals surface area contributed by atoms with Crippen LogP contribution in [-0.2, 0) is 64.0 Å². The van der Waals surface area contributed by atoms with Crippen molar-refractivity contribution < 1.29 is 43.5 Å². The van der Waals surface area contributed by atoms with Gasteiger partial charge in [0.2, 0.25) is 41.4 Å². The number of carbonyl (C=O) groups is 8. The van der Waals surface area contributed by atoms with Crippen molar-refractivity contribution in [1.82, 2.24) is 47.2 Å². The minimum absolute atomic E-state index is 0.00592. The standard InChI is InChI=1S/C64H86N12O9/c1-39(2)31-51(59(79)70-50(28-16-18-30-66)58(78)76-56(64(84)85)34-42-21-9-6-10-22-42)72-62(82)54(35-43-37-68-48-26-13-11-23-45(43)48)74-60(80)52(32-40(3)4)73-63(83)55(36-44-38-69-49-27-14-12-24-46(44)49)75-61(81)53(33-41-19-7-5-8-20-41)71-57(77)47(67)25-15-17-29-65/h5-14,19-24,26-27,37-40,47,50-56,68-69H,15-18,25,28-36,65-67H2,1-4H3,(H,70,79)(H,71,77)(H,72,82)(H,73,83)(H,74,80)(H,75,81)(H,76,78)(H,84,85)/t47-,50-,51+,52+,53+,54-,55-,56+/m0/s1. The molecule has 0 fully saturated rings. The number of nitrogens with two attached hydrogens (primary N) is 3. The number of para-hydroxylation sites is 2. The molecule has 0 saturated heterocycles. The van der Waals surface area contributed by atoms with Gasteiger partial charge in [0.05, 0.1) is 6.04 Å². The molecule has 8 atom stereocenters. The molecule has 85 heavy (non-hydrogen) atoms. The van der Waals surface area contributed by atoms with Gasteiger partial charge in [-0.2, -0.15) is 0 Å². The molecule has 0 spiro atoms. The average molecular weight is 1170 g/mol. The van der Waals surface area contributed by atoms with Gasteiger partial charge in [0.1, 0.15) is 42.3 Å². The third kappa shape index (κ3) is 20.4. The van der Waals surface area contributed by atoms with Crippen molar-refractivity contribution >= 4 is 69.1 Å². The summed E-state index contributed by atoms with van der Waals surface area (Å²) in [6, 6.07) is 23.1. The smallest absolute Gasteiger partial charge is 0.326 e. The van der Waals surface area contributed by atoms with Crippen LogP contribution in [0.2, 0.25) is 0 Å². The van der Waals surface area contributed by atoms with Crippen LogP contribution in [0.1, 0.15) is 101 Å². The van der Waals surface area contributed by atoms with E-state index in [1.54, 1.807) is 42.7 Å². The van der Waals surface area contributed by atoms with Gasteiger partial charge in [-0.15, -0.1) is 0 Å². The van der Waals surface area contributed by atoms with Crippen LogP contribution in [0.5, 0.6) is 0 Å². The van der Waals surface area contributed by atoms with Gasteiger partial charge in [-0.05, 0) is 104 Å². The van der Waals surface area contributed by atoms with E-state index in [9.17, 15) is 38.7 Å². The molecule has 21 heteroatoms. The highest BCUT2D eigenvalue weighted by molar-refractivity contribution is 5.98. The molecule has 6 aromatic rings.